The number of hydrogen-bond acceptors (Lipinski definition) is 10. The smallest absolute Gasteiger partial charge is 0.276 e. The molecule has 0 radical (unpaired) electrons. The van der Waals surface area contributed by atoms with Crippen LogP contribution in [0.5, 0.6) is 11.5 Å². The number of nitrogens with one attached hydrogen (secondary N) is 1. The van der Waals surface area contributed by atoms with E-state index < -0.39 is 24.2 Å². The van der Waals surface area contributed by atoms with Crippen LogP contribution in [0, 0.1) is 0 Å². The highest BCUT2D eigenvalue weighted by molar-refractivity contribution is 7.89. The van der Waals surface area contributed by atoms with E-state index in [-0.39, 0.29) is 13.1 Å². The van der Waals surface area contributed by atoms with E-state index in [2.05, 4.69) is 4.90 Å². The fourth-order valence-corrected chi connectivity index (χ4v) is 4.96. The van der Waals surface area contributed by atoms with Gasteiger partial charge in [-0.15, -0.1) is 0 Å². The van der Waals surface area contributed by atoms with Crippen molar-refractivity contribution in [2.24, 2.45) is 0 Å². The molecule has 1 saturated heterocycles. The maximum absolute atomic E-state index is 13.0. The molecule has 2 aromatic carbocycles. The summed E-state index contributed by atoms with van der Waals surface area (Å²) in [5.41, 5.74) is 3.24. The molecule has 2 aromatic rings. The molecule has 0 spiro atoms. The highest BCUT2D eigenvalue weighted by Gasteiger charge is 2.28. The monoisotopic (exact) mass is 526 g/mol. The third kappa shape index (κ3) is 7.54. The van der Waals surface area contributed by atoms with Gasteiger partial charge < -0.3 is 19.3 Å². The summed E-state index contributed by atoms with van der Waals surface area (Å²) in [5, 5.41) is 8.50. The number of fused-ring (bicyclic) bond motifs is 1. The quantitative estimate of drug-likeness (QED) is 0.227. The van der Waals surface area contributed by atoms with Gasteiger partial charge in [-0.05, 0) is 41.5 Å². The fraction of sp³-hybridized carbons (Fsp3) is 0.286. The second kappa shape index (κ2) is 12.2. The number of carbonyl (C=O) groups excluding carboxylic acids is 1. The molecule has 0 aromatic heterocycles. The Kier molecular flexibility index (Phi) is 9.29. The van der Waals surface area contributed by atoms with Crippen molar-refractivity contribution in [2.75, 3.05) is 33.0 Å². The van der Waals surface area contributed by atoms with Crippen LogP contribution in [0.2, 0.25) is 0 Å². The van der Waals surface area contributed by atoms with Crippen LogP contribution in [-0.4, -0.2) is 61.7 Å². The number of carbonyl (C=O) groups is 1. The summed E-state index contributed by atoms with van der Waals surface area (Å²) in [6.45, 7) is 3.03. The topological polar surface area (TPSA) is 172 Å². The van der Waals surface area contributed by atoms with Gasteiger partial charge in [0.1, 0.15) is 0 Å². The standard InChI is InChI=1S/C21H23N3O6S.HO3P.H2/c25-21(22-26)8-4-16-1-5-18(6-2-16)31(27,28)24-11-9-23(10-12-24)14-17-3-7-19-20(13-17)30-15-29-19;1-4(2)3;/h1-8,13,26H,9-12,14-15H2,(H,22,25);(H,1,2,3);1H/p-1/b8-4+;;. The Morgan fingerprint density at radius 2 is 1.71 bits per heavy atom. The number of benzene rings is 2. The van der Waals surface area contributed by atoms with E-state index in [1.807, 2.05) is 18.2 Å². The first-order valence-electron chi connectivity index (χ1n) is 10.3. The molecule has 0 bridgehead atoms. The highest BCUT2D eigenvalue weighted by atomic mass is 32.2. The maximum Gasteiger partial charge on any atom is 0.276 e. The maximum atomic E-state index is 13.0. The van der Waals surface area contributed by atoms with Gasteiger partial charge in [-0.25, -0.2) is 13.9 Å². The number of hydroxylamine groups is 1. The first kappa shape index (κ1) is 26.7. The summed E-state index contributed by atoms with van der Waals surface area (Å²) in [4.78, 5) is 30.4. The van der Waals surface area contributed by atoms with Gasteiger partial charge in [-0.1, -0.05) is 22.8 Å². The second-order valence-electron chi connectivity index (χ2n) is 7.47. The van der Waals surface area contributed by atoms with Gasteiger partial charge in [-0.3, -0.25) is 14.9 Å². The molecule has 2 aliphatic rings. The summed E-state index contributed by atoms with van der Waals surface area (Å²) < 4.78 is 46.7. The minimum absolute atomic E-state index is 0. The average molecular weight is 526 g/mol. The van der Waals surface area contributed by atoms with E-state index in [4.69, 9.17) is 29.0 Å². The normalized spacial score (nSPS) is 16.0. The van der Waals surface area contributed by atoms with Gasteiger partial charge in [-0.2, -0.15) is 4.31 Å². The van der Waals surface area contributed by atoms with Crippen LogP contribution in [0.3, 0.4) is 0 Å². The van der Waals surface area contributed by atoms with Gasteiger partial charge in [0.15, 0.2) is 11.5 Å². The number of nitrogens with zero attached hydrogens (tertiary/aromatic N) is 2. The largest absolute Gasteiger partial charge is 0.598 e. The predicted molar refractivity (Wildman–Crippen MR) is 122 cm³/mol. The van der Waals surface area contributed by atoms with E-state index in [1.54, 1.807) is 12.1 Å². The summed E-state index contributed by atoms with van der Waals surface area (Å²) in [5.74, 6) is 0.835. The van der Waals surface area contributed by atoms with Crippen LogP contribution in [0.4, 0.5) is 0 Å². The Morgan fingerprint density at radius 1 is 1.09 bits per heavy atom. The zero-order chi connectivity index (χ0) is 25.4. The molecule has 0 saturated carbocycles. The van der Waals surface area contributed by atoms with E-state index in [1.165, 1.54) is 28.0 Å². The van der Waals surface area contributed by atoms with Crippen LogP contribution < -0.4 is 24.7 Å². The predicted octanol–water partition coefficient (Wildman–Crippen LogP) is 0.0508. The summed E-state index contributed by atoms with van der Waals surface area (Å²) >= 11 is 0. The molecule has 2 N–H and O–H groups in total. The first-order chi connectivity index (χ1) is 16.7. The number of amides is 1. The molecule has 0 aliphatic carbocycles. The average Bonchev–Trinajstić information content (AvgIpc) is 3.31. The lowest BCUT2D eigenvalue weighted by Gasteiger charge is -2.34. The minimum atomic E-state index is -3.59. The molecule has 0 unspecified atom stereocenters. The fourth-order valence-electron chi connectivity index (χ4n) is 3.53. The lowest BCUT2D eigenvalue weighted by atomic mass is 10.2. The third-order valence-corrected chi connectivity index (χ3v) is 7.14. The van der Waals surface area contributed by atoms with Crippen molar-refractivity contribution in [3.05, 3.63) is 59.7 Å². The van der Waals surface area contributed by atoms with Gasteiger partial charge in [0.25, 0.3) is 14.2 Å². The van der Waals surface area contributed by atoms with Crippen molar-refractivity contribution in [3.63, 3.8) is 0 Å². The number of sulfonamides is 1. The lowest BCUT2D eigenvalue weighted by Crippen LogP contribution is -2.48. The van der Waals surface area contributed by atoms with Crippen molar-refractivity contribution in [1.29, 1.82) is 0 Å². The molecule has 4 rings (SSSR count). The van der Waals surface area contributed by atoms with Crippen LogP contribution in [0.1, 0.15) is 12.6 Å². The molecular weight excluding hydrogens is 501 g/mol. The van der Waals surface area contributed by atoms with E-state index in [0.29, 0.717) is 38.3 Å². The van der Waals surface area contributed by atoms with Crippen LogP contribution in [0.25, 0.3) is 6.08 Å². The van der Waals surface area contributed by atoms with Crippen molar-refractivity contribution >= 4 is 30.3 Å². The Hall–Kier alpha value is -2.90. The molecule has 190 valence electrons. The highest BCUT2D eigenvalue weighted by Crippen LogP contribution is 2.33. The van der Waals surface area contributed by atoms with E-state index in [0.717, 1.165) is 23.1 Å². The minimum Gasteiger partial charge on any atom is -0.598 e. The molecule has 2 heterocycles. The Balaban J connectivity index is 0.000000850. The van der Waals surface area contributed by atoms with E-state index >= 15 is 0 Å². The van der Waals surface area contributed by atoms with Crippen molar-refractivity contribution in [1.82, 2.24) is 14.7 Å². The van der Waals surface area contributed by atoms with Crippen LogP contribution in [-0.2, 0) is 25.9 Å². The molecule has 0 atom stereocenters. The summed E-state index contributed by atoms with van der Waals surface area (Å²) in [6.07, 6.45) is 2.64. The second-order valence-corrected chi connectivity index (χ2v) is 9.86. The van der Waals surface area contributed by atoms with Crippen molar-refractivity contribution in [3.8, 4) is 11.5 Å². The molecular formula is C21H25N3O9PS-. The van der Waals surface area contributed by atoms with Crippen molar-refractivity contribution in [2.45, 2.75) is 11.4 Å². The Labute approximate surface area is 204 Å². The number of piperazine rings is 1. The third-order valence-electron chi connectivity index (χ3n) is 5.23. The first-order valence-corrected chi connectivity index (χ1v) is 12.9. The van der Waals surface area contributed by atoms with Gasteiger partial charge in [0, 0.05) is 40.2 Å². The Morgan fingerprint density at radius 3 is 2.34 bits per heavy atom. The molecule has 1 amide bonds. The van der Waals surface area contributed by atoms with Crippen molar-refractivity contribution < 1.29 is 43.7 Å². The van der Waals surface area contributed by atoms with Gasteiger partial charge in [0.2, 0.25) is 16.8 Å². The molecule has 2 aliphatic heterocycles. The number of rotatable bonds is 6. The number of hydrogen-bond donors (Lipinski definition) is 2. The lowest BCUT2D eigenvalue weighted by molar-refractivity contribution is -0.297. The van der Waals surface area contributed by atoms with E-state index in [9.17, 15) is 13.2 Å². The molecule has 14 heteroatoms. The van der Waals surface area contributed by atoms with Crippen LogP contribution in [0.15, 0.2) is 53.4 Å². The molecule has 1 fully saturated rings. The zero-order valence-corrected chi connectivity index (χ0v) is 20.1. The molecule has 35 heavy (non-hydrogen) atoms. The van der Waals surface area contributed by atoms with Gasteiger partial charge in [0.05, 0.1) is 4.90 Å². The number of ether oxygens (including phenoxy) is 2. The molecule has 12 nitrogen and oxygen atoms in total. The van der Waals surface area contributed by atoms with Gasteiger partial charge >= 0.3 is 0 Å². The Bertz CT molecular complexity index is 1180. The SMILES string of the molecule is O=C(/C=C/c1ccc(S(=O)(=O)N2CCN(Cc3ccc4c(c3)OCO4)CC2)cc1)NO.O=[P+]([O-])[O-].[HH]. The summed E-state index contributed by atoms with van der Waals surface area (Å²) in [7, 11) is -6.96. The van der Waals surface area contributed by atoms with Crippen LogP contribution >= 0.6 is 8.25 Å². The zero-order valence-electron chi connectivity index (χ0n) is 18.4. The summed E-state index contributed by atoms with van der Waals surface area (Å²) in [6, 6.07) is 12.1.